The Balaban J connectivity index is -0.000000134. The summed E-state index contributed by atoms with van der Waals surface area (Å²) in [5.74, 6) is 1.10. The Morgan fingerprint density at radius 2 is 0.788 bits per heavy atom. The molecule has 0 aromatic heterocycles. The molecule has 0 fully saturated rings. The van der Waals surface area contributed by atoms with Crippen molar-refractivity contribution in [2.24, 2.45) is 11.8 Å². The summed E-state index contributed by atoms with van der Waals surface area (Å²) < 4.78 is 0. The second-order valence-electron chi connectivity index (χ2n) is 10.7. The summed E-state index contributed by atoms with van der Waals surface area (Å²) in [5.41, 5.74) is 0.0406. The van der Waals surface area contributed by atoms with E-state index in [1.54, 1.807) is 0 Å². The van der Waals surface area contributed by atoms with Crippen molar-refractivity contribution in [3.05, 3.63) is 21.3 Å². The molecule has 0 aliphatic carbocycles. The largest absolute Gasteiger partial charge is 6.00 e. The van der Waals surface area contributed by atoms with Gasteiger partial charge in [-0.1, -0.05) is 122 Å². The maximum atomic E-state index is 7.75. The number of hydrogen-bond acceptors (Lipinski definition) is 2. The molecule has 0 heterocycles. The summed E-state index contributed by atoms with van der Waals surface area (Å²) in [5, 5.41) is 18.8. The van der Waals surface area contributed by atoms with E-state index in [0.717, 1.165) is 12.8 Å². The average Bonchev–Trinajstić information content (AvgIpc) is 2.66. The third-order valence-corrected chi connectivity index (χ3v) is 4.25. The van der Waals surface area contributed by atoms with Crippen LogP contribution in [0.1, 0.15) is 110 Å². The molecule has 0 amide bonds. The van der Waals surface area contributed by atoms with Gasteiger partial charge in [0, 0.05) is 0 Å². The van der Waals surface area contributed by atoms with Gasteiger partial charge in [-0.05, 0) is 0 Å². The van der Waals surface area contributed by atoms with Gasteiger partial charge in [-0.3, -0.25) is 13.6 Å². The van der Waals surface area contributed by atoms with E-state index >= 15 is 0 Å². The minimum absolute atomic E-state index is 0. The van der Waals surface area contributed by atoms with Gasteiger partial charge in [0.2, 0.25) is 0 Å². The fourth-order valence-electron chi connectivity index (χ4n) is 2.44. The Hall–Kier alpha value is -0.197. The van der Waals surface area contributed by atoms with E-state index in [2.05, 4.69) is 121 Å². The molecule has 0 N–H and O–H groups in total. The molecule has 0 aromatic carbocycles. The quantitative estimate of drug-likeness (QED) is 0.155. The Bertz CT molecular complexity index is 372. The molecular formula is C26H54N4O2Ru. The van der Waals surface area contributed by atoms with E-state index < -0.39 is 0 Å². The van der Waals surface area contributed by atoms with Crippen molar-refractivity contribution in [3.8, 4) is 0 Å². The second-order valence-corrected chi connectivity index (χ2v) is 10.7. The zero-order valence-corrected chi connectivity index (χ0v) is 25.7. The van der Waals surface area contributed by atoms with E-state index in [4.69, 9.17) is 20.2 Å². The number of rotatable bonds is 10. The zero-order valence-electron chi connectivity index (χ0n) is 24.0. The monoisotopic (exact) mass is 556 g/mol. The maximum absolute atomic E-state index is 7.75. The molecule has 4 atom stereocenters. The van der Waals surface area contributed by atoms with Crippen LogP contribution >= 0.6 is 0 Å². The molecule has 0 radical (unpaired) electrons. The molecule has 0 saturated carbocycles. The summed E-state index contributed by atoms with van der Waals surface area (Å²) >= 11 is 0. The molecule has 0 rings (SSSR count). The molecule has 4 unspecified atom stereocenters. The maximum Gasteiger partial charge on any atom is 6.00 e. The van der Waals surface area contributed by atoms with Crippen LogP contribution in [0.5, 0.6) is 0 Å². The second kappa shape index (κ2) is 23.5. The molecule has 6 nitrogen and oxygen atoms in total. The molecule has 0 aromatic rings. The predicted molar refractivity (Wildman–Crippen MR) is 143 cm³/mol. The van der Waals surface area contributed by atoms with Gasteiger partial charge in [0.15, 0.2) is 0 Å². The fraction of sp³-hybridized carbons (Fsp3) is 0.923. The van der Waals surface area contributed by atoms with E-state index in [0.29, 0.717) is 23.9 Å². The topological polar surface area (TPSA) is 90.5 Å². The molecule has 0 bridgehead atoms. The number of carbonyl (C=O) groups excluding carboxylic acids is 2. The first-order chi connectivity index (χ1) is 14.5. The summed E-state index contributed by atoms with van der Waals surface area (Å²) in [7, 11) is 0. The van der Waals surface area contributed by atoms with Gasteiger partial charge in [0.05, 0.1) is 0 Å². The molecular weight excluding hydrogens is 501 g/mol. The van der Waals surface area contributed by atoms with Crippen molar-refractivity contribution >= 4 is 13.6 Å². The normalized spacial score (nSPS) is 14.8. The molecule has 7 heteroatoms. The van der Waals surface area contributed by atoms with Crippen LogP contribution < -0.4 is 0 Å². The molecule has 0 spiro atoms. The van der Waals surface area contributed by atoms with Crippen LogP contribution in [0, 0.1) is 11.8 Å². The van der Waals surface area contributed by atoms with Gasteiger partial charge >= 0.3 is 19.5 Å². The van der Waals surface area contributed by atoms with Gasteiger partial charge in [0.1, 0.15) is 0 Å². The van der Waals surface area contributed by atoms with Crippen LogP contribution in [-0.4, -0.2) is 49.1 Å². The Morgan fingerprint density at radius 1 is 0.576 bits per heavy atom. The summed E-state index contributed by atoms with van der Waals surface area (Å²) in [6.07, 6.45) is 2.61. The van der Waals surface area contributed by atoms with Crippen molar-refractivity contribution in [1.82, 2.24) is 0 Å². The number of nitrogens with zero attached hydrogens (tertiary/aromatic N) is 4. The van der Waals surface area contributed by atoms with E-state index in [1.165, 1.54) is 0 Å². The van der Waals surface area contributed by atoms with Crippen LogP contribution in [-0.2, 0) is 29.1 Å². The van der Waals surface area contributed by atoms with Crippen LogP contribution in [0.15, 0.2) is 0 Å². The minimum Gasteiger partial charge on any atom is -0.675 e. The smallest absolute Gasteiger partial charge is 0.675 e. The Labute approximate surface area is 220 Å². The van der Waals surface area contributed by atoms with Gasteiger partial charge < -0.3 is 30.9 Å². The standard InChI is InChI=1S/2C12H26N2.2CHO.Ru/c2*1-8-10(4)11(13-9(2)3)14-12(5,6)7;2*1-2;/h2*9-11H,8H2,1-7H3;2*1H;/q2*-2;2*-1;+6. The third kappa shape index (κ3) is 31.8. The van der Waals surface area contributed by atoms with E-state index in [-0.39, 0.29) is 42.9 Å². The fourth-order valence-corrected chi connectivity index (χ4v) is 2.44. The minimum atomic E-state index is 0. The van der Waals surface area contributed by atoms with Crippen LogP contribution in [0.3, 0.4) is 0 Å². The molecule has 0 aliphatic heterocycles. The first-order valence-electron chi connectivity index (χ1n) is 11.8. The van der Waals surface area contributed by atoms with Gasteiger partial charge in [0.25, 0.3) is 0 Å². The van der Waals surface area contributed by atoms with E-state index in [9.17, 15) is 0 Å². The SMILES string of the molecule is CCC(C)C([N-]C(C)C)[N-]C(C)(C)C.CCC(C)C([N-]C(C)C)[N-]C(C)(C)C.[CH-]=O.[CH-]=O.[Ru+6]. The Kier molecular flexibility index (Phi) is 30.6. The van der Waals surface area contributed by atoms with E-state index in [1.807, 2.05) is 0 Å². The van der Waals surface area contributed by atoms with Crippen molar-refractivity contribution in [3.63, 3.8) is 0 Å². The first kappa shape index (κ1) is 42.9. The van der Waals surface area contributed by atoms with Crippen molar-refractivity contribution in [2.45, 2.75) is 145 Å². The summed E-state index contributed by atoms with van der Waals surface area (Å²) in [6.45, 7) is 36.7. The molecule has 0 aliphatic rings. The van der Waals surface area contributed by atoms with Crippen LogP contribution in [0.2, 0.25) is 0 Å². The van der Waals surface area contributed by atoms with Crippen LogP contribution in [0.25, 0.3) is 21.3 Å². The van der Waals surface area contributed by atoms with Gasteiger partial charge in [-0.15, -0.1) is 23.2 Å². The van der Waals surface area contributed by atoms with Crippen molar-refractivity contribution in [1.29, 1.82) is 0 Å². The van der Waals surface area contributed by atoms with Gasteiger partial charge in [-0.25, -0.2) is 12.3 Å². The zero-order chi connectivity index (χ0) is 26.7. The Morgan fingerprint density at radius 3 is 0.909 bits per heavy atom. The molecule has 33 heavy (non-hydrogen) atoms. The molecule has 0 saturated heterocycles. The van der Waals surface area contributed by atoms with Crippen LogP contribution in [0.4, 0.5) is 0 Å². The summed E-state index contributed by atoms with van der Waals surface area (Å²) in [4.78, 5) is 15.5. The third-order valence-electron chi connectivity index (χ3n) is 4.25. The van der Waals surface area contributed by atoms with Crippen molar-refractivity contribution in [2.75, 3.05) is 0 Å². The average molecular weight is 556 g/mol. The van der Waals surface area contributed by atoms with Crippen molar-refractivity contribution < 1.29 is 29.1 Å². The summed E-state index contributed by atoms with van der Waals surface area (Å²) in [6, 6.07) is 0.750. The molecule has 198 valence electrons. The number of hydrogen-bond donors (Lipinski definition) is 0. The van der Waals surface area contributed by atoms with Gasteiger partial charge in [-0.2, -0.15) is 0 Å². The first-order valence-corrected chi connectivity index (χ1v) is 11.8. The predicted octanol–water partition coefficient (Wildman–Crippen LogP) is 8.08.